The second-order valence-electron chi connectivity index (χ2n) is 10.5. The summed E-state index contributed by atoms with van der Waals surface area (Å²) in [4.78, 5) is 25.3. The molecule has 2 aromatic rings. The summed E-state index contributed by atoms with van der Waals surface area (Å²) >= 11 is 0. The maximum atomic E-state index is 13.5. The Morgan fingerprint density at radius 2 is 1.69 bits per heavy atom. The number of hydrogen-bond donors (Lipinski definition) is 3. The van der Waals surface area contributed by atoms with Gasteiger partial charge in [-0.25, -0.2) is 13.2 Å². The fourth-order valence-corrected chi connectivity index (χ4v) is 5.95. The van der Waals surface area contributed by atoms with Gasteiger partial charge in [0.05, 0.1) is 4.90 Å². The summed E-state index contributed by atoms with van der Waals surface area (Å²) in [5.74, 6) is -0.334. The molecule has 3 rings (SSSR count). The second-order valence-corrected chi connectivity index (χ2v) is 12.2. The molecule has 1 saturated carbocycles. The van der Waals surface area contributed by atoms with E-state index in [2.05, 4.69) is 15.4 Å². The Kier molecular flexibility index (Phi) is 9.35. The zero-order chi connectivity index (χ0) is 26.3. The number of nitrogens with one attached hydrogen (secondary N) is 3. The van der Waals surface area contributed by atoms with Gasteiger partial charge in [-0.05, 0) is 70.4 Å². The summed E-state index contributed by atoms with van der Waals surface area (Å²) in [5.41, 5.74) is 0.364. The number of rotatable bonds is 9. The Morgan fingerprint density at radius 1 is 1.03 bits per heavy atom. The highest BCUT2D eigenvalue weighted by atomic mass is 32.2. The molecule has 9 heteroatoms. The van der Waals surface area contributed by atoms with Crippen molar-refractivity contribution in [1.82, 2.24) is 15.4 Å². The number of ether oxygens (including phenoxy) is 1. The number of alkyl carbamates (subject to hydrolysis) is 1. The van der Waals surface area contributed by atoms with E-state index in [4.69, 9.17) is 4.74 Å². The van der Waals surface area contributed by atoms with Crippen LogP contribution in [0.4, 0.5) is 4.79 Å². The molecular weight excluding hydrogens is 478 g/mol. The van der Waals surface area contributed by atoms with Gasteiger partial charge in [0.1, 0.15) is 11.6 Å². The van der Waals surface area contributed by atoms with Crippen LogP contribution in [0.5, 0.6) is 0 Å². The van der Waals surface area contributed by atoms with Crippen molar-refractivity contribution in [1.29, 1.82) is 0 Å². The van der Waals surface area contributed by atoms with Crippen LogP contribution >= 0.6 is 0 Å². The third-order valence-corrected chi connectivity index (χ3v) is 7.82. The molecule has 0 saturated heterocycles. The van der Waals surface area contributed by atoms with Gasteiger partial charge in [-0.2, -0.15) is 4.72 Å². The van der Waals surface area contributed by atoms with E-state index in [-0.39, 0.29) is 29.8 Å². The Labute approximate surface area is 214 Å². The number of aryl methyl sites for hydroxylation is 1. The first kappa shape index (κ1) is 27.9. The molecule has 1 atom stereocenters. The van der Waals surface area contributed by atoms with Gasteiger partial charge in [-0.3, -0.25) is 4.79 Å². The van der Waals surface area contributed by atoms with Gasteiger partial charge in [0.15, 0.2) is 0 Å². The van der Waals surface area contributed by atoms with Gasteiger partial charge in [0.2, 0.25) is 15.9 Å². The predicted molar refractivity (Wildman–Crippen MR) is 141 cm³/mol. The minimum atomic E-state index is -3.99. The molecular formula is C27H39N3O5S. The van der Waals surface area contributed by atoms with Crippen LogP contribution in [0.1, 0.15) is 71.3 Å². The molecule has 0 radical (unpaired) electrons. The summed E-state index contributed by atoms with van der Waals surface area (Å²) in [6, 6.07) is 9.79. The Morgan fingerprint density at radius 3 is 2.36 bits per heavy atom. The normalized spacial score (nSPS) is 15.9. The van der Waals surface area contributed by atoms with Crippen LogP contribution in [0.15, 0.2) is 41.3 Å². The molecule has 0 spiro atoms. The van der Waals surface area contributed by atoms with Gasteiger partial charge in [0, 0.05) is 18.0 Å². The van der Waals surface area contributed by atoms with Crippen molar-refractivity contribution in [3.05, 3.63) is 42.0 Å². The molecule has 8 nitrogen and oxygen atoms in total. The largest absolute Gasteiger partial charge is 0.444 e. The molecule has 3 N–H and O–H groups in total. The second kappa shape index (κ2) is 12.1. The van der Waals surface area contributed by atoms with Crippen molar-refractivity contribution >= 4 is 32.8 Å². The quantitative estimate of drug-likeness (QED) is 0.422. The molecule has 1 aliphatic carbocycles. The van der Waals surface area contributed by atoms with E-state index in [0.717, 1.165) is 43.1 Å². The minimum absolute atomic E-state index is 0.0540. The lowest BCUT2D eigenvalue weighted by atomic mass is 9.95. The van der Waals surface area contributed by atoms with Crippen LogP contribution < -0.4 is 15.4 Å². The lowest BCUT2D eigenvalue weighted by Crippen LogP contribution is -2.50. The fourth-order valence-electron chi connectivity index (χ4n) is 4.51. The van der Waals surface area contributed by atoms with Crippen molar-refractivity contribution in [2.45, 2.75) is 95.2 Å². The average molecular weight is 518 g/mol. The van der Waals surface area contributed by atoms with Crippen LogP contribution in [-0.2, 0) is 19.6 Å². The number of hydrogen-bond acceptors (Lipinski definition) is 5. The van der Waals surface area contributed by atoms with E-state index in [1.165, 1.54) is 0 Å². The van der Waals surface area contributed by atoms with Crippen molar-refractivity contribution in [2.75, 3.05) is 6.54 Å². The number of carbonyl (C=O) groups is 2. The molecule has 1 fully saturated rings. The number of carbonyl (C=O) groups excluding carboxylic acids is 2. The number of sulfonamides is 1. The van der Waals surface area contributed by atoms with E-state index >= 15 is 0 Å². The molecule has 0 aliphatic heterocycles. The summed E-state index contributed by atoms with van der Waals surface area (Å²) in [6.07, 6.45) is 5.14. The molecule has 2 aromatic carbocycles. The van der Waals surface area contributed by atoms with E-state index in [9.17, 15) is 18.0 Å². The zero-order valence-electron chi connectivity index (χ0n) is 21.7. The van der Waals surface area contributed by atoms with Gasteiger partial charge < -0.3 is 15.4 Å². The maximum Gasteiger partial charge on any atom is 0.407 e. The summed E-state index contributed by atoms with van der Waals surface area (Å²) in [6.45, 7) is 7.53. The first-order chi connectivity index (χ1) is 17.0. The molecule has 2 amide bonds. The number of amides is 2. The van der Waals surface area contributed by atoms with Crippen LogP contribution in [0.25, 0.3) is 10.8 Å². The van der Waals surface area contributed by atoms with Gasteiger partial charge >= 0.3 is 6.09 Å². The zero-order valence-corrected chi connectivity index (χ0v) is 22.5. The minimum Gasteiger partial charge on any atom is -0.444 e. The van der Waals surface area contributed by atoms with Gasteiger partial charge in [0.25, 0.3) is 0 Å². The standard InChI is InChI=1S/C27H39N3O5S/c1-19-16-17-24(22-14-9-8-13-21(19)22)36(33,34)30-23(25(31)29-20-11-6-5-7-12-20)15-10-18-28-26(32)35-27(2,3)4/h8-9,13-14,16-17,20,23,30H,5-7,10-12,15,18H2,1-4H3,(H,28,32)(H,29,31)/t23-/m0/s1. The van der Waals surface area contributed by atoms with E-state index < -0.39 is 27.8 Å². The van der Waals surface area contributed by atoms with E-state index in [0.29, 0.717) is 11.8 Å². The summed E-state index contributed by atoms with van der Waals surface area (Å²) in [5, 5.41) is 7.18. The van der Waals surface area contributed by atoms with E-state index in [1.807, 2.05) is 19.1 Å². The highest BCUT2D eigenvalue weighted by Gasteiger charge is 2.29. The first-order valence-corrected chi connectivity index (χ1v) is 14.2. The molecule has 1 aliphatic rings. The SMILES string of the molecule is Cc1ccc(S(=O)(=O)N[C@@H](CCCNC(=O)OC(C)(C)C)C(=O)NC2CCCCC2)c2ccccc12. The first-order valence-electron chi connectivity index (χ1n) is 12.7. The average Bonchev–Trinajstić information content (AvgIpc) is 2.80. The van der Waals surface area contributed by atoms with Gasteiger partial charge in [-0.1, -0.05) is 49.6 Å². The molecule has 0 aromatic heterocycles. The highest BCUT2D eigenvalue weighted by Crippen LogP contribution is 2.26. The molecule has 0 bridgehead atoms. The summed E-state index contributed by atoms with van der Waals surface area (Å²) < 4.78 is 34.9. The van der Waals surface area contributed by atoms with Gasteiger partial charge in [-0.15, -0.1) is 0 Å². The van der Waals surface area contributed by atoms with Crippen LogP contribution in [-0.4, -0.2) is 44.6 Å². The monoisotopic (exact) mass is 517 g/mol. The molecule has 0 unspecified atom stereocenters. The lowest BCUT2D eigenvalue weighted by Gasteiger charge is -2.26. The fraction of sp³-hybridized carbons (Fsp3) is 0.556. The molecule has 36 heavy (non-hydrogen) atoms. The predicted octanol–water partition coefficient (Wildman–Crippen LogP) is 4.55. The third kappa shape index (κ3) is 7.93. The molecule has 0 heterocycles. The maximum absolute atomic E-state index is 13.5. The van der Waals surface area contributed by atoms with Crippen molar-refractivity contribution < 1.29 is 22.7 Å². The van der Waals surface area contributed by atoms with Crippen LogP contribution in [0.2, 0.25) is 0 Å². The smallest absolute Gasteiger partial charge is 0.407 e. The van der Waals surface area contributed by atoms with Crippen molar-refractivity contribution in [2.24, 2.45) is 0 Å². The number of benzene rings is 2. The topological polar surface area (TPSA) is 114 Å². The third-order valence-electron chi connectivity index (χ3n) is 6.29. The Hall–Kier alpha value is -2.65. The van der Waals surface area contributed by atoms with Crippen molar-refractivity contribution in [3.63, 3.8) is 0 Å². The van der Waals surface area contributed by atoms with Crippen LogP contribution in [0, 0.1) is 6.92 Å². The Bertz CT molecular complexity index is 1170. The van der Waals surface area contributed by atoms with Crippen molar-refractivity contribution in [3.8, 4) is 0 Å². The van der Waals surface area contributed by atoms with E-state index in [1.54, 1.807) is 45.0 Å². The number of fused-ring (bicyclic) bond motifs is 1. The van der Waals surface area contributed by atoms with Crippen LogP contribution in [0.3, 0.4) is 0 Å². The molecule has 198 valence electrons. The highest BCUT2D eigenvalue weighted by molar-refractivity contribution is 7.89. The lowest BCUT2D eigenvalue weighted by molar-refractivity contribution is -0.123. The Balaban J connectivity index is 1.74. The summed E-state index contributed by atoms with van der Waals surface area (Å²) in [7, 11) is -3.99.